The number of aromatic amines is 1. The van der Waals surface area contributed by atoms with Crippen LogP contribution in [0, 0.1) is 5.82 Å². The fraction of sp³-hybridized carbons (Fsp3) is 0.391. The first-order valence-corrected chi connectivity index (χ1v) is 11.2. The summed E-state index contributed by atoms with van der Waals surface area (Å²) in [6.45, 7) is 2.60. The first kappa shape index (κ1) is 28.8. The molecule has 2 atom stereocenters. The van der Waals surface area contributed by atoms with Crippen LogP contribution < -0.4 is 11.1 Å². The third-order valence-electron chi connectivity index (χ3n) is 5.15. The molecule has 4 N–H and O–H groups in total. The number of H-pyrrole nitrogens is 1. The number of hydrogen-bond donors (Lipinski definition) is 3. The van der Waals surface area contributed by atoms with E-state index in [0.717, 1.165) is 0 Å². The quantitative estimate of drug-likeness (QED) is 0.304. The predicted octanol–water partition coefficient (Wildman–Crippen LogP) is 5.01. The molecule has 206 valence electrons. The number of benzene rings is 1. The van der Waals surface area contributed by atoms with Crippen LogP contribution in [0.15, 0.2) is 30.6 Å². The zero-order valence-corrected chi connectivity index (χ0v) is 20.4. The maximum Gasteiger partial charge on any atom is 0.391 e. The first-order valence-electron chi connectivity index (χ1n) is 11.2. The van der Waals surface area contributed by atoms with Crippen molar-refractivity contribution >= 4 is 28.0 Å². The molecule has 38 heavy (non-hydrogen) atoms. The van der Waals surface area contributed by atoms with E-state index in [9.17, 15) is 35.5 Å². The number of rotatable bonds is 5. The van der Waals surface area contributed by atoms with Gasteiger partial charge in [0.15, 0.2) is 5.65 Å². The van der Waals surface area contributed by atoms with Crippen molar-refractivity contribution in [2.45, 2.75) is 51.1 Å². The second-order valence-electron chi connectivity index (χ2n) is 8.78. The SMILES string of the molecule is CC(CC(F)(F)F)NC(=O)c1c[nH]c2ncc(-c3nn(C)c4cc(F)ccc34)nc12.CC(N)CC(F)(F)F. The largest absolute Gasteiger partial charge is 0.391 e. The molecule has 15 heteroatoms. The number of halogens is 7. The van der Waals surface area contributed by atoms with Gasteiger partial charge in [0.25, 0.3) is 5.91 Å². The van der Waals surface area contributed by atoms with Gasteiger partial charge in [-0.05, 0) is 32.0 Å². The first-order chi connectivity index (χ1) is 17.5. The number of amides is 1. The Kier molecular flexibility index (Phi) is 8.29. The van der Waals surface area contributed by atoms with E-state index in [1.54, 1.807) is 13.1 Å². The highest BCUT2D eigenvalue weighted by molar-refractivity contribution is 6.05. The van der Waals surface area contributed by atoms with Crippen molar-refractivity contribution in [3.63, 3.8) is 0 Å². The van der Waals surface area contributed by atoms with E-state index in [1.807, 2.05) is 0 Å². The molecule has 0 saturated carbocycles. The summed E-state index contributed by atoms with van der Waals surface area (Å²) in [6.07, 6.45) is -7.73. The number of carbonyl (C=O) groups excluding carboxylic acids is 1. The van der Waals surface area contributed by atoms with Gasteiger partial charge in [-0.3, -0.25) is 9.48 Å². The van der Waals surface area contributed by atoms with Gasteiger partial charge < -0.3 is 16.0 Å². The van der Waals surface area contributed by atoms with Crippen molar-refractivity contribution < 1.29 is 35.5 Å². The van der Waals surface area contributed by atoms with Gasteiger partial charge in [0, 0.05) is 30.7 Å². The van der Waals surface area contributed by atoms with Crippen LogP contribution in [0.3, 0.4) is 0 Å². The fourth-order valence-electron chi connectivity index (χ4n) is 3.66. The molecule has 8 nitrogen and oxygen atoms in total. The summed E-state index contributed by atoms with van der Waals surface area (Å²) in [5.74, 6) is -1.10. The molecule has 1 amide bonds. The smallest absolute Gasteiger partial charge is 0.349 e. The Bertz CT molecular complexity index is 1420. The number of fused-ring (bicyclic) bond motifs is 2. The molecule has 0 aliphatic carbocycles. The number of nitrogens with one attached hydrogen (secondary N) is 2. The number of nitrogens with two attached hydrogens (primary N) is 1. The normalized spacial score (nSPS) is 13.8. The highest BCUT2D eigenvalue weighted by Crippen LogP contribution is 2.28. The van der Waals surface area contributed by atoms with Gasteiger partial charge in [0.05, 0.1) is 30.1 Å². The molecule has 3 heterocycles. The maximum atomic E-state index is 13.6. The summed E-state index contributed by atoms with van der Waals surface area (Å²) < 4.78 is 86.3. The summed E-state index contributed by atoms with van der Waals surface area (Å²) in [5.41, 5.74) is 6.78. The average Bonchev–Trinajstić information content (AvgIpc) is 3.31. The second-order valence-corrected chi connectivity index (χ2v) is 8.78. The van der Waals surface area contributed by atoms with Crippen molar-refractivity contribution in [1.29, 1.82) is 0 Å². The van der Waals surface area contributed by atoms with Crippen molar-refractivity contribution in [2.75, 3.05) is 0 Å². The Morgan fingerprint density at radius 2 is 1.79 bits per heavy atom. The minimum absolute atomic E-state index is 0.0691. The van der Waals surface area contributed by atoms with Crippen LogP contribution in [0.4, 0.5) is 30.7 Å². The molecule has 0 fully saturated rings. The van der Waals surface area contributed by atoms with Gasteiger partial charge in [0.2, 0.25) is 0 Å². The lowest BCUT2D eigenvalue weighted by atomic mass is 10.1. The number of alkyl halides is 6. The van der Waals surface area contributed by atoms with E-state index >= 15 is 0 Å². The Morgan fingerprint density at radius 1 is 1.13 bits per heavy atom. The molecule has 0 aliphatic rings. The van der Waals surface area contributed by atoms with Crippen molar-refractivity contribution in [3.05, 3.63) is 42.0 Å². The van der Waals surface area contributed by atoms with Crippen LogP contribution in [0.2, 0.25) is 0 Å². The third-order valence-corrected chi connectivity index (χ3v) is 5.15. The highest BCUT2D eigenvalue weighted by atomic mass is 19.4. The number of nitrogens with zero attached hydrogens (tertiary/aromatic N) is 4. The van der Waals surface area contributed by atoms with E-state index in [2.05, 4.69) is 25.4 Å². The molecular weight excluding hydrogens is 523 g/mol. The third kappa shape index (κ3) is 7.40. The zero-order valence-electron chi connectivity index (χ0n) is 20.4. The Hall–Kier alpha value is -3.75. The van der Waals surface area contributed by atoms with Crippen molar-refractivity contribution in [3.8, 4) is 11.4 Å². The number of aryl methyl sites for hydroxylation is 1. The maximum absolute atomic E-state index is 13.6. The standard InChI is InChI=1S/C19H16F4N6O.C4H8F3N/c1-9(6-19(21,22)23)26-18(30)12-7-24-17-16(12)27-13(8-25-17)15-11-4-3-10(20)5-14(11)29(2)28-15;1-3(8)2-4(5,6)7/h3-5,7-9H,6H2,1-2H3,(H,24,25)(H,26,30);3H,2,8H2,1H3. The Morgan fingerprint density at radius 3 is 2.37 bits per heavy atom. The molecule has 0 bridgehead atoms. The van der Waals surface area contributed by atoms with Gasteiger partial charge in [-0.2, -0.15) is 31.4 Å². The molecule has 4 rings (SSSR count). The van der Waals surface area contributed by atoms with Crippen LogP contribution in [0.1, 0.15) is 37.0 Å². The topological polar surface area (TPSA) is 115 Å². The average molecular weight is 547 g/mol. The second kappa shape index (κ2) is 10.9. The van der Waals surface area contributed by atoms with Crippen molar-refractivity contribution in [2.24, 2.45) is 12.8 Å². The molecule has 0 spiro atoms. The van der Waals surface area contributed by atoms with Gasteiger partial charge in [-0.1, -0.05) is 0 Å². The zero-order chi connectivity index (χ0) is 28.4. The van der Waals surface area contributed by atoms with Gasteiger partial charge in [-0.25, -0.2) is 14.4 Å². The summed E-state index contributed by atoms with van der Waals surface area (Å²) in [4.78, 5) is 24.0. The van der Waals surface area contributed by atoms with Crippen molar-refractivity contribution in [1.82, 2.24) is 30.0 Å². The lowest BCUT2D eigenvalue weighted by Gasteiger charge is -2.15. The molecule has 0 aliphatic heterocycles. The highest BCUT2D eigenvalue weighted by Gasteiger charge is 2.31. The minimum Gasteiger partial charge on any atom is -0.349 e. The Balaban J connectivity index is 0.000000436. The van der Waals surface area contributed by atoms with Crippen LogP contribution in [-0.4, -0.2) is 55.1 Å². The van der Waals surface area contributed by atoms with Crippen LogP contribution >= 0.6 is 0 Å². The molecule has 0 saturated heterocycles. The molecule has 3 aromatic heterocycles. The van der Waals surface area contributed by atoms with E-state index < -0.39 is 49.0 Å². The summed E-state index contributed by atoms with van der Waals surface area (Å²) in [5, 5.41) is 7.34. The molecule has 4 aromatic rings. The van der Waals surface area contributed by atoms with E-state index in [1.165, 1.54) is 43.1 Å². The van der Waals surface area contributed by atoms with Crippen LogP contribution in [0.25, 0.3) is 33.5 Å². The van der Waals surface area contributed by atoms with Gasteiger partial charge in [-0.15, -0.1) is 0 Å². The van der Waals surface area contributed by atoms with Gasteiger partial charge >= 0.3 is 12.4 Å². The molecule has 0 radical (unpaired) electrons. The lowest BCUT2D eigenvalue weighted by Crippen LogP contribution is -2.35. The van der Waals surface area contributed by atoms with Crippen LogP contribution in [0.5, 0.6) is 0 Å². The van der Waals surface area contributed by atoms with E-state index in [4.69, 9.17) is 5.73 Å². The number of carbonyl (C=O) groups is 1. The summed E-state index contributed by atoms with van der Waals surface area (Å²) in [6, 6.07) is 2.33. The monoisotopic (exact) mass is 547 g/mol. The molecular formula is C23H24F7N7O. The van der Waals surface area contributed by atoms with E-state index in [0.29, 0.717) is 27.9 Å². The molecule has 2 unspecified atom stereocenters. The van der Waals surface area contributed by atoms with Crippen LogP contribution in [-0.2, 0) is 7.05 Å². The fourth-order valence-corrected chi connectivity index (χ4v) is 3.66. The minimum atomic E-state index is -4.39. The Labute approximate surface area is 211 Å². The summed E-state index contributed by atoms with van der Waals surface area (Å²) in [7, 11) is 1.66. The summed E-state index contributed by atoms with van der Waals surface area (Å²) >= 11 is 0. The predicted molar refractivity (Wildman–Crippen MR) is 125 cm³/mol. The number of hydrogen-bond acceptors (Lipinski definition) is 5. The number of aromatic nitrogens is 5. The van der Waals surface area contributed by atoms with Gasteiger partial charge in [0.1, 0.15) is 22.7 Å². The van der Waals surface area contributed by atoms with E-state index in [-0.39, 0.29) is 11.1 Å². The lowest BCUT2D eigenvalue weighted by molar-refractivity contribution is -0.139. The molecule has 1 aromatic carbocycles.